The largest absolute Gasteiger partial charge is 0.344 e. The smallest absolute Gasteiger partial charge is 0.0547 e. The summed E-state index contributed by atoms with van der Waals surface area (Å²) < 4.78 is 4.74. The van der Waals surface area contributed by atoms with E-state index in [9.17, 15) is 0 Å². The molecule has 0 aliphatic heterocycles. The fraction of sp³-hybridized carbons (Fsp3) is 0.0270. The van der Waals surface area contributed by atoms with Crippen LogP contribution in [0, 0.1) is 0 Å². The predicted octanol–water partition coefficient (Wildman–Crippen LogP) is 9.76. The molecule has 0 spiro atoms. The summed E-state index contributed by atoms with van der Waals surface area (Å²) in [6.07, 6.45) is 0. The first-order chi connectivity index (χ1) is 19.3. The predicted molar refractivity (Wildman–Crippen MR) is 166 cm³/mol. The first-order valence-corrected chi connectivity index (χ1v) is 13.4. The molecule has 39 heavy (non-hydrogen) atoms. The number of aromatic nitrogens is 2. The first-order valence-electron chi connectivity index (χ1n) is 13.4. The Kier molecular flexibility index (Phi) is 4.77. The number of hydrogen-bond donors (Lipinski definition) is 0. The second-order valence-corrected chi connectivity index (χ2v) is 10.3. The van der Waals surface area contributed by atoms with Gasteiger partial charge in [-0.25, -0.2) is 0 Å². The lowest BCUT2D eigenvalue weighted by molar-refractivity contribution is 1.01. The lowest BCUT2D eigenvalue weighted by Gasteiger charge is -2.10. The lowest BCUT2D eigenvalue weighted by Crippen LogP contribution is -1.94. The van der Waals surface area contributed by atoms with Crippen molar-refractivity contribution in [3.63, 3.8) is 0 Å². The van der Waals surface area contributed by atoms with Gasteiger partial charge in [0, 0.05) is 45.3 Å². The third-order valence-corrected chi connectivity index (χ3v) is 8.14. The minimum atomic E-state index is 1.18. The number of hydrogen-bond acceptors (Lipinski definition) is 0. The van der Waals surface area contributed by atoms with Crippen LogP contribution in [0.2, 0.25) is 0 Å². The van der Waals surface area contributed by atoms with Crippen molar-refractivity contribution in [1.29, 1.82) is 0 Å². The van der Waals surface area contributed by atoms with Gasteiger partial charge in [0.05, 0.1) is 11.0 Å². The summed E-state index contributed by atoms with van der Waals surface area (Å²) in [7, 11) is 2.17. The van der Waals surface area contributed by atoms with E-state index in [4.69, 9.17) is 0 Å². The number of fused-ring (bicyclic) bond motifs is 6. The van der Waals surface area contributed by atoms with E-state index in [1.54, 1.807) is 0 Å². The highest BCUT2D eigenvalue weighted by molar-refractivity contribution is 6.12. The highest BCUT2D eigenvalue weighted by Gasteiger charge is 2.16. The van der Waals surface area contributed by atoms with Gasteiger partial charge in [-0.3, -0.25) is 0 Å². The van der Waals surface area contributed by atoms with Gasteiger partial charge in [0.1, 0.15) is 0 Å². The second-order valence-electron chi connectivity index (χ2n) is 10.3. The van der Waals surface area contributed by atoms with Crippen LogP contribution < -0.4 is 0 Å². The maximum Gasteiger partial charge on any atom is 0.0547 e. The van der Waals surface area contributed by atoms with Crippen LogP contribution in [0.5, 0.6) is 0 Å². The molecule has 0 aliphatic carbocycles. The van der Waals surface area contributed by atoms with E-state index in [0.717, 1.165) is 0 Å². The summed E-state index contributed by atoms with van der Waals surface area (Å²) >= 11 is 0. The Morgan fingerprint density at radius 2 is 0.923 bits per heavy atom. The Bertz CT molecular complexity index is 2160. The molecule has 0 bridgehead atoms. The van der Waals surface area contributed by atoms with Crippen molar-refractivity contribution < 1.29 is 0 Å². The van der Waals surface area contributed by atoms with E-state index in [1.807, 2.05) is 0 Å². The Labute approximate surface area is 227 Å². The number of aryl methyl sites for hydroxylation is 1. The van der Waals surface area contributed by atoms with Crippen molar-refractivity contribution in [2.45, 2.75) is 0 Å². The number of benzene rings is 6. The van der Waals surface area contributed by atoms with E-state index >= 15 is 0 Å². The molecule has 6 aromatic carbocycles. The van der Waals surface area contributed by atoms with E-state index in [-0.39, 0.29) is 0 Å². The fourth-order valence-corrected chi connectivity index (χ4v) is 6.21. The Balaban J connectivity index is 1.38. The minimum absolute atomic E-state index is 1.18. The van der Waals surface area contributed by atoms with Crippen molar-refractivity contribution in [2.75, 3.05) is 0 Å². The van der Waals surface area contributed by atoms with Gasteiger partial charge in [0.15, 0.2) is 0 Å². The van der Waals surface area contributed by atoms with Crippen LogP contribution in [0.25, 0.3) is 71.6 Å². The van der Waals surface area contributed by atoms with Gasteiger partial charge in [0.25, 0.3) is 0 Å². The van der Waals surface area contributed by atoms with Crippen molar-refractivity contribution in [3.8, 4) is 27.9 Å². The number of para-hydroxylation sites is 1. The summed E-state index contributed by atoms with van der Waals surface area (Å²) in [5.41, 5.74) is 11.1. The lowest BCUT2D eigenvalue weighted by atomic mass is 10.0. The monoisotopic (exact) mass is 498 g/mol. The van der Waals surface area contributed by atoms with Crippen LogP contribution in [0.4, 0.5) is 0 Å². The number of rotatable bonds is 3. The topological polar surface area (TPSA) is 9.86 Å². The van der Waals surface area contributed by atoms with Gasteiger partial charge in [-0.15, -0.1) is 0 Å². The van der Waals surface area contributed by atoms with Crippen molar-refractivity contribution in [3.05, 3.63) is 140 Å². The minimum Gasteiger partial charge on any atom is -0.344 e. The zero-order chi connectivity index (χ0) is 25.9. The Morgan fingerprint density at radius 1 is 0.359 bits per heavy atom. The molecule has 2 heterocycles. The van der Waals surface area contributed by atoms with E-state index in [1.165, 1.54) is 71.6 Å². The van der Waals surface area contributed by atoms with E-state index in [0.29, 0.717) is 0 Å². The fourth-order valence-electron chi connectivity index (χ4n) is 6.21. The van der Waals surface area contributed by atoms with Crippen LogP contribution >= 0.6 is 0 Å². The van der Waals surface area contributed by atoms with Crippen LogP contribution in [-0.2, 0) is 7.05 Å². The molecular weight excluding hydrogens is 472 g/mol. The quantitative estimate of drug-likeness (QED) is 0.229. The van der Waals surface area contributed by atoms with E-state index < -0.39 is 0 Å². The average molecular weight is 499 g/mol. The molecule has 0 unspecified atom stereocenters. The molecule has 8 rings (SSSR count). The zero-order valence-electron chi connectivity index (χ0n) is 21.7. The summed E-state index contributed by atoms with van der Waals surface area (Å²) in [5, 5.41) is 5.10. The van der Waals surface area contributed by atoms with Gasteiger partial charge in [0.2, 0.25) is 0 Å². The van der Waals surface area contributed by atoms with Crippen molar-refractivity contribution >= 4 is 43.6 Å². The van der Waals surface area contributed by atoms with Crippen molar-refractivity contribution in [2.24, 2.45) is 7.05 Å². The summed E-state index contributed by atoms with van der Waals surface area (Å²) in [5.74, 6) is 0. The molecule has 0 aliphatic rings. The SMILES string of the molecule is Cn1c2ccc(-n3c4ccccc4c4ccc(-c5ccccc5)cc43)cc2c2ccc(-c3ccccc3)cc21. The van der Waals surface area contributed by atoms with Crippen molar-refractivity contribution in [1.82, 2.24) is 9.13 Å². The zero-order valence-corrected chi connectivity index (χ0v) is 21.7. The van der Waals surface area contributed by atoms with Crippen LogP contribution in [0.1, 0.15) is 0 Å². The van der Waals surface area contributed by atoms with Gasteiger partial charge >= 0.3 is 0 Å². The van der Waals surface area contributed by atoms with Gasteiger partial charge in [-0.05, 0) is 58.7 Å². The molecule has 0 N–H and O–H groups in total. The molecular formula is C37H26N2. The first kappa shape index (κ1) is 22.0. The molecule has 2 heteroatoms. The maximum atomic E-state index is 2.42. The molecule has 184 valence electrons. The van der Waals surface area contributed by atoms with Gasteiger partial charge in [-0.2, -0.15) is 0 Å². The third-order valence-electron chi connectivity index (χ3n) is 8.14. The molecule has 0 saturated heterocycles. The third kappa shape index (κ3) is 3.35. The van der Waals surface area contributed by atoms with E-state index in [2.05, 4.69) is 156 Å². The highest BCUT2D eigenvalue weighted by Crippen LogP contribution is 2.37. The standard InChI is InChI=1S/C37H26N2/c1-38-34-21-18-29(24-33(34)32-20-17-27(22-36(32)38)25-10-4-2-5-11-25)39-35-15-9-8-14-30(35)31-19-16-28(23-37(31)39)26-12-6-3-7-13-26/h2-24H,1H3. The average Bonchev–Trinajstić information content (AvgIpc) is 3.49. The van der Waals surface area contributed by atoms with Gasteiger partial charge in [-0.1, -0.05) is 103 Å². The summed E-state index contributed by atoms with van der Waals surface area (Å²) in [6, 6.07) is 50.6. The molecule has 2 nitrogen and oxygen atoms in total. The molecule has 2 aromatic heterocycles. The Hall–Kier alpha value is -5.08. The molecule has 0 amide bonds. The van der Waals surface area contributed by atoms with Gasteiger partial charge < -0.3 is 9.13 Å². The highest BCUT2D eigenvalue weighted by atomic mass is 15.0. The molecule has 0 atom stereocenters. The van der Waals surface area contributed by atoms with Crippen LogP contribution in [0.15, 0.2) is 140 Å². The van der Waals surface area contributed by atoms with Crippen LogP contribution in [-0.4, -0.2) is 9.13 Å². The molecule has 8 aromatic rings. The normalized spacial score (nSPS) is 11.7. The molecule has 0 saturated carbocycles. The summed E-state index contributed by atoms with van der Waals surface area (Å²) in [6.45, 7) is 0. The maximum absolute atomic E-state index is 2.42. The summed E-state index contributed by atoms with van der Waals surface area (Å²) in [4.78, 5) is 0. The van der Waals surface area contributed by atoms with Crippen LogP contribution in [0.3, 0.4) is 0 Å². The Morgan fingerprint density at radius 3 is 1.62 bits per heavy atom. The molecule has 0 radical (unpaired) electrons. The second kappa shape index (κ2) is 8.47. The molecule has 0 fully saturated rings. The number of nitrogens with zero attached hydrogens (tertiary/aromatic N) is 2.